The zero-order valence-corrected chi connectivity index (χ0v) is 8.58. The molecule has 0 radical (unpaired) electrons. The molecule has 0 atom stereocenters. The van der Waals surface area contributed by atoms with Crippen molar-refractivity contribution >= 4 is 5.91 Å². The molecule has 1 aromatic carbocycles. The first-order valence-electron chi connectivity index (χ1n) is 4.66. The number of halogens is 3. The Morgan fingerprint density at radius 2 is 1.94 bits per heavy atom. The van der Waals surface area contributed by atoms with Gasteiger partial charge in [0.05, 0.1) is 12.0 Å². The Morgan fingerprint density at radius 1 is 1.29 bits per heavy atom. The van der Waals surface area contributed by atoms with Crippen LogP contribution < -0.4 is 5.32 Å². The van der Waals surface area contributed by atoms with Crippen molar-refractivity contribution in [1.29, 1.82) is 0 Å². The Bertz CT molecular complexity index is 418. The van der Waals surface area contributed by atoms with E-state index in [9.17, 15) is 23.1 Å². The molecule has 0 aromatic heterocycles. The number of phenols is 2. The third-order valence-corrected chi connectivity index (χ3v) is 1.92. The van der Waals surface area contributed by atoms with Crippen LogP contribution in [0.3, 0.4) is 0 Å². The maximum atomic E-state index is 11.8. The second kappa shape index (κ2) is 4.94. The number of alkyl halides is 3. The van der Waals surface area contributed by atoms with E-state index in [1.807, 2.05) is 5.32 Å². The van der Waals surface area contributed by atoms with Gasteiger partial charge in [0.15, 0.2) is 0 Å². The number of benzene rings is 1. The van der Waals surface area contributed by atoms with E-state index in [2.05, 4.69) is 0 Å². The SMILES string of the molecule is O=C(NCCC(F)(F)F)c1cc(O)ccc1O. The van der Waals surface area contributed by atoms with Gasteiger partial charge in [-0.3, -0.25) is 4.79 Å². The monoisotopic (exact) mass is 249 g/mol. The van der Waals surface area contributed by atoms with E-state index in [1.54, 1.807) is 0 Å². The molecular weight excluding hydrogens is 239 g/mol. The second-order valence-corrected chi connectivity index (χ2v) is 3.32. The van der Waals surface area contributed by atoms with E-state index >= 15 is 0 Å². The van der Waals surface area contributed by atoms with E-state index in [4.69, 9.17) is 5.11 Å². The molecular formula is C10H10F3NO3. The van der Waals surface area contributed by atoms with Gasteiger partial charge in [-0.1, -0.05) is 0 Å². The number of carbonyl (C=O) groups excluding carboxylic acids is 1. The van der Waals surface area contributed by atoms with E-state index in [0.717, 1.165) is 18.2 Å². The van der Waals surface area contributed by atoms with Crippen LogP contribution in [0.25, 0.3) is 0 Å². The van der Waals surface area contributed by atoms with Crippen molar-refractivity contribution in [2.45, 2.75) is 12.6 Å². The Morgan fingerprint density at radius 3 is 2.53 bits per heavy atom. The molecule has 17 heavy (non-hydrogen) atoms. The minimum Gasteiger partial charge on any atom is -0.508 e. The molecule has 1 amide bonds. The number of rotatable bonds is 3. The Labute approximate surface area is 94.7 Å². The van der Waals surface area contributed by atoms with E-state index < -0.39 is 30.8 Å². The Hall–Kier alpha value is -1.92. The van der Waals surface area contributed by atoms with Crippen LogP contribution in [0.1, 0.15) is 16.8 Å². The van der Waals surface area contributed by atoms with Gasteiger partial charge in [0.2, 0.25) is 0 Å². The molecule has 0 aliphatic carbocycles. The average molecular weight is 249 g/mol. The largest absolute Gasteiger partial charge is 0.508 e. The van der Waals surface area contributed by atoms with Gasteiger partial charge in [-0.15, -0.1) is 0 Å². The third kappa shape index (κ3) is 4.21. The fraction of sp³-hybridized carbons (Fsp3) is 0.300. The van der Waals surface area contributed by atoms with Crippen molar-refractivity contribution < 1.29 is 28.2 Å². The van der Waals surface area contributed by atoms with Crippen LogP contribution in [-0.4, -0.2) is 28.8 Å². The molecule has 94 valence electrons. The number of hydrogen-bond acceptors (Lipinski definition) is 3. The Balaban J connectivity index is 2.61. The summed E-state index contributed by atoms with van der Waals surface area (Å²) in [7, 11) is 0. The molecule has 0 aliphatic heterocycles. The van der Waals surface area contributed by atoms with Crippen molar-refractivity contribution in [2.24, 2.45) is 0 Å². The molecule has 0 heterocycles. The summed E-state index contributed by atoms with van der Waals surface area (Å²) < 4.78 is 35.4. The van der Waals surface area contributed by atoms with Gasteiger partial charge in [0, 0.05) is 6.54 Å². The average Bonchev–Trinajstić information content (AvgIpc) is 2.19. The van der Waals surface area contributed by atoms with E-state index in [1.165, 1.54) is 0 Å². The molecule has 0 spiro atoms. The van der Waals surface area contributed by atoms with Gasteiger partial charge in [-0.05, 0) is 18.2 Å². The van der Waals surface area contributed by atoms with Gasteiger partial charge >= 0.3 is 6.18 Å². The molecule has 0 saturated heterocycles. The second-order valence-electron chi connectivity index (χ2n) is 3.32. The quantitative estimate of drug-likeness (QED) is 0.715. The third-order valence-electron chi connectivity index (χ3n) is 1.92. The zero-order chi connectivity index (χ0) is 13.1. The molecule has 0 aliphatic rings. The van der Waals surface area contributed by atoms with E-state index in [-0.39, 0.29) is 11.3 Å². The molecule has 1 aromatic rings. The first-order chi connectivity index (χ1) is 7.79. The molecule has 0 unspecified atom stereocenters. The predicted molar refractivity (Wildman–Crippen MR) is 52.8 cm³/mol. The van der Waals surface area contributed by atoms with Crippen LogP contribution in [0.4, 0.5) is 13.2 Å². The minimum atomic E-state index is -4.35. The lowest BCUT2D eigenvalue weighted by Gasteiger charge is -2.09. The van der Waals surface area contributed by atoms with Crippen LogP contribution >= 0.6 is 0 Å². The summed E-state index contributed by atoms with van der Waals surface area (Å²) in [5.74, 6) is -1.54. The summed E-state index contributed by atoms with van der Waals surface area (Å²) in [5.41, 5.74) is -0.271. The number of hydrogen-bond donors (Lipinski definition) is 3. The first-order valence-corrected chi connectivity index (χ1v) is 4.66. The highest BCUT2D eigenvalue weighted by Gasteiger charge is 2.26. The zero-order valence-electron chi connectivity index (χ0n) is 8.58. The maximum Gasteiger partial charge on any atom is 0.390 e. The van der Waals surface area contributed by atoms with Gasteiger partial charge < -0.3 is 15.5 Å². The molecule has 7 heteroatoms. The van der Waals surface area contributed by atoms with Crippen LogP contribution in [0, 0.1) is 0 Å². The Kier molecular flexibility index (Phi) is 3.82. The number of phenolic OH excluding ortho intramolecular Hbond substituents is 2. The van der Waals surface area contributed by atoms with Crippen molar-refractivity contribution in [2.75, 3.05) is 6.54 Å². The fourth-order valence-corrected chi connectivity index (χ4v) is 1.12. The smallest absolute Gasteiger partial charge is 0.390 e. The summed E-state index contributed by atoms with van der Waals surface area (Å²) in [4.78, 5) is 11.4. The number of carbonyl (C=O) groups is 1. The molecule has 0 bridgehead atoms. The first kappa shape index (κ1) is 13.1. The van der Waals surface area contributed by atoms with Crippen molar-refractivity contribution in [3.05, 3.63) is 23.8 Å². The molecule has 3 N–H and O–H groups in total. The molecule has 0 saturated carbocycles. The standard InChI is InChI=1S/C10H10F3NO3/c11-10(12,13)3-4-14-9(17)7-5-6(15)1-2-8(7)16/h1-2,5,15-16H,3-4H2,(H,14,17). The predicted octanol–water partition coefficient (Wildman–Crippen LogP) is 1.78. The van der Waals surface area contributed by atoms with Crippen LogP contribution in [-0.2, 0) is 0 Å². The minimum absolute atomic E-state index is 0.260. The topological polar surface area (TPSA) is 69.6 Å². The van der Waals surface area contributed by atoms with Gasteiger partial charge in [0.25, 0.3) is 5.91 Å². The van der Waals surface area contributed by atoms with Crippen molar-refractivity contribution in [1.82, 2.24) is 5.32 Å². The summed E-state index contributed by atoms with van der Waals surface area (Å²) in [5, 5.41) is 20.3. The van der Waals surface area contributed by atoms with E-state index in [0.29, 0.717) is 0 Å². The summed E-state index contributed by atoms with van der Waals surface area (Å²) in [6.45, 7) is -0.586. The summed E-state index contributed by atoms with van der Waals surface area (Å²) in [6.07, 6.45) is -5.51. The highest BCUT2D eigenvalue weighted by molar-refractivity contribution is 5.97. The molecule has 4 nitrogen and oxygen atoms in total. The lowest BCUT2D eigenvalue weighted by molar-refractivity contribution is -0.132. The molecule has 0 fully saturated rings. The van der Waals surface area contributed by atoms with Crippen molar-refractivity contribution in [3.8, 4) is 11.5 Å². The van der Waals surface area contributed by atoms with Crippen molar-refractivity contribution in [3.63, 3.8) is 0 Å². The van der Waals surface area contributed by atoms with Crippen LogP contribution in [0.5, 0.6) is 11.5 Å². The van der Waals surface area contributed by atoms with Gasteiger partial charge in [-0.25, -0.2) is 0 Å². The fourth-order valence-electron chi connectivity index (χ4n) is 1.12. The number of amides is 1. The van der Waals surface area contributed by atoms with Gasteiger partial charge in [-0.2, -0.15) is 13.2 Å². The number of aromatic hydroxyl groups is 2. The number of nitrogens with one attached hydrogen (secondary N) is 1. The maximum absolute atomic E-state index is 11.8. The normalized spacial score (nSPS) is 11.2. The summed E-state index contributed by atoms with van der Waals surface area (Å²) in [6, 6.07) is 3.20. The van der Waals surface area contributed by atoms with Crippen LogP contribution in [0.2, 0.25) is 0 Å². The highest BCUT2D eigenvalue weighted by atomic mass is 19.4. The highest BCUT2D eigenvalue weighted by Crippen LogP contribution is 2.22. The molecule has 1 rings (SSSR count). The van der Waals surface area contributed by atoms with Crippen LogP contribution in [0.15, 0.2) is 18.2 Å². The lowest BCUT2D eigenvalue weighted by atomic mass is 10.1. The van der Waals surface area contributed by atoms with Gasteiger partial charge in [0.1, 0.15) is 11.5 Å². The summed E-state index contributed by atoms with van der Waals surface area (Å²) >= 11 is 0. The lowest BCUT2D eigenvalue weighted by Crippen LogP contribution is -2.27.